The van der Waals surface area contributed by atoms with Gasteiger partial charge in [-0.3, -0.25) is 4.79 Å². The number of nitrogens with zero attached hydrogens (tertiary/aromatic N) is 1. The third-order valence-corrected chi connectivity index (χ3v) is 6.92. The summed E-state index contributed by atoms with van der Waals surface area (Å²) >= 11 is 14.4. The van der Waals surface area contributed by atoms with Gasteiger partial charge in [0, 0.05) is 15.8 Å². The summed E-state index contributed by atoms with van der Waals surface area (Å²) in [5.41, 5.74) is 1.72. The van der Waals surface area contributed by atoms with Crippen molar-refractivity contribution in [2.24, 2.45) is 0 Å². The first kappa shape index (κ1) is 16.2. The molecule has 120 valence electrons. The molecule has 4 heterocycles. The predicted molar refractivity (Wildman–Crippen MR) is 109 cm³/mol. The molecule has 0 bridgehead atoms. The van der Waals surface area contributed by atoms with Crippen LogP contribution in [0.4, 0.5) is 0 Å². The summed E-state index contributed by atoms with van der Waals surface area (Å²) in [6, 6.07) is 5.93. The standard InChI is InChI=1S/C16H8BrClN2OS3/c17-12-5-8(6-23-12)4-10(18)14-19-15(21)13-9(7-24-16(13)20-14)11-2-1-3-22-11/h1-7H,(H,19,20,21)/b10-4-. The van der Waals surface area contributed by atoms with Crippen LogP contribution in [0, 0.1) is 0 Å². The van der Waals surface area contributed by atoms with Gasteiger partial charge in [-0.15, -0.1) is 34.0 Å². The van der Waals surface area contributed by atoms with Crippen molar-refractivity contribution in [2.75, 3.05) is 0 Å². The fraction of sp³-hybridized carbons (Fsp3) is 0. The number of aromatic amines is 1. The van der Waals surface area contributed by atoms with Crippen LogP contribution in [0.25, 0.3) is 31.8 Å². The van der Waals surface area contributed by atoms with Crippen molar-refractivity contribution >= 4 is 82.9 Å². The number of rotatable bonds is 3. The molecule has 4 aromatic rings. The molecule has 24 heavy (non-hydrogen) atoms. The Balaban J connectivity index is 1.82. The predicted octanol–water partition coefficient (Wildman–Crippen LogP) is 6.27. The molecule has 3 nitrogen and oxygen atoms in total. The van der Waals surface area contributed by atoms with Crippen molar-refractivity contribution in [2.45, 2.75) is 0 Å². The van der Waals surface area contributed by atoms with Gasteiger partial charge in [0.05, 0.1) is 14.2 Å². The SMILES string of the molecule is O=c1[nH]c(/C(Cl)=C/c2csc(Br)c2)nc2scc(-c3cccs3)c12. The van der Waals surface area contributed by atoms with Gasteiger partial charge in [-0.05, 0) is 50.5 Å². The van der Waals surface area contributed by atoms with Crippen LogP contribution in [-0.2, 0) is 0 Å². The van der Waals surface area contributed by atoms with Crippen molar-refractivity contribution < 1.29 is 0 Å². The van der Waals surface area contributed by atoms with E-state index in [9.17, 15) is 4.79 Å². The maximum absolute atomic E-state index is 12.6. The van der Waals surface area contributed by atoms with E-state index in [1.807, 2.05) is 34.3 Å². The van der Waals surface area contributed by atoms with Crippen molar-refractivity contribution in [3.8, 4) is 10.4 Å². The highest BCUT2D eigenvalue weighted by atomic mass is 79.9. The number of thiophene rings is 3. The zero-order valence-corrected chi connectivity index (χ0v) is 16.7. The van der Waals surface area contributed by atoms with Crippen molar-refractivity contribution in [3.05, 3.63) is 59.9 Å². The molecular formula is C16H8BrClN2OS3. The number of H-pyrrole nitrogens is 1. The topological polar surface area (TPSA) is 45.8 Å². The van der Waals surface area contributed by atoms with Crippen LogP contribution in [0.1, 0.15) is 11.4 Å². The van der Waals surface area contributed by atoms with Crippen LogP contribution >= 0.6 is 61.5 Å². The van der Waals surface area contributed by atoms with Gasteiger partial charge in [0.25, 0.3) is 5.56 Å². The minimum atomic E-state index is -0.169. The average Bonchev–Trinajstić information content (AvgIpc) is 3.27. The maximum Gasteiger partial charge on any atom is 0.260 e. The first-order valence-electron chi connectivity index (χ1n) is 6.79. The number of hydrogen-bond acceptors (Lipinski definition) is 5. The van der Waals surface area contributed by atoms with E-state index in [1.165, 1.54) is 11.3 Å². The van der Waals surface area contributed by atoms with E-state index < -0.39 is 0 Å². The Labute approximate surface area is 162 Å². The van der Waals surface area contributed by atoms with Crippen LogP contribution in [0.5, 0.6) is 0 Å². The Hall–Kier alpha value is -1.25. The van der Waals surface area contributed by atoms with Gasteiger partial charge in [0.2, 0.25) is 0 Å². The normalized spacial score (nSPS) is 12.2. The molecule has 4 rings (SSSR count). The number of fused-ring (bicyclic) bond motifs is 1. The van der Waals surface area contributed by atoms with Gasteiger partial charge >= 0.3 is 0 Å². The molecule has 0 saturated carbocycles. The molecule has 0 fully saturated rings. The van der Waals surface area contributed by atoms with Crippen LogP contribution < -0.4 is 5.56 Å². The van der Waals surface area contributed by atoms with Crippen molar-refractivity contribution in [1.29, 1.82) is 0 Å². The number of hydrogen-bond donors (Lipinski definition) is 1. The third kappa shape index (κ3) is 3.02. The van der Waals surface area contributed by atoms with E-state index >= 15 is 0 Å². The molecule has 1 N–H and O–H groups in total. The van der Waals surface area contributed by atoms with Crippen LogP contribution in [0.15, 0.2) is 42.9 Å². The lowest BCUT2D eigenvalue weighted by Crippen LogP contribution is -2.09. The van der Waals surface area contributed by atoms with Crippen LogP contribution in [0.3, 0.4) is 0 Å². The molecule has 0 atom stereocenters. The van der Waals surface area contributed by atoms with Gasteiger partial charge in [-0.1, -0.05) is 17.7 Å². The Morgan fingerprint density at radius 1 is 1.29 bits per heavy atom. The Morgan fingerprint density at radius 2 is 2.17 bits per heavy atom. The van der Waals surface area contributed by atoms with Crippen molar-refractivity contribution in [1.82, 2.24) is 9.97 Å². The molecule has 0 spiro atoms. The second kappa shape index (κ2) is 6.57. The largest absolute Gasteiger partial charge is 0.305 e. The average molecular weight is 456 g/mol. The maximum atomic E-state index is 12.6. The van der Waals surface area contributed by atoms with Gasteiger partial charge in [0.15, 0.2) is 5.82 Å². The fourth-order valence-electron chi connectivity index (χ4n) is 2.29. The monoisotopic (exact) mass is 454 g/mol. The Kier molecular flexibility index (Phi) is 4.44. The van der Waals surface area contributed by atoms with Gasteiger partial charge in [-0.25, -0.2) is 4.98 Å². The highest BCUT2D eigenvalue weighted by molar-refractivity contribution is 9.11. The van der Waals surface area contributed by atoms with E-state index in [1.54, 1.807) is 28.7 Å². The van der Waals surface area contributed by atoms with Gasteiger partial charge < -0.3 is 4.98 Å². The molecule has 0 aliphatic heterocycles. The summed E-state index contributed by atoms with van der Waals surface area (Å²) in [7, 11) is 0. The molecule has 4 aromatic heterocycles. The number of nitrogens with one attached hydrogen (secondary N) is 1. The highest BCUT2D eigenvalue weighted by Crippen LogP contribution is 2.34. The lowest BCUT2D eigenvalue weighted by molar-refractivity contribution is 1.14. The Bertz CT molecular complexity index is 1110. The fourth-order valence-corrected chi connectivity index (χ4v) is 5.40. The molecule has 0 aromatic carbocycles. The highest BCUT2D eigenvalue weighted by Gasteiger charge is 2.14. The lowest BCUT2D eigenvalue weighted by Gasteiger charge is -2.00. The van der Waals surface area contributed by atoms with E-state index in [0.717, 1.165) is 19.8 Å². The smallest absolute Gasteiger partial charge is 0.260 e. The lowest BCUT2D eigenvalue weighted by atomic mass is 10.2. The summed E-state index contributed by atoms with van der Waals surface area (Å²) in [6.07, 6.45) is 1.79. The quantitative estimate of drug-likeness (QED) is 0.395. The summed E-state index contributed by atoms with van der Waals surface area (Å²) in [6.45, 7) is 0. The molecule has 8 heteroatoms. The van der Waals surface area contributed by atoms with Gasteiger partial charge in [-0.2, -0.15) is 0 Å². The summed E-state index contributed by atoms with van der Waals surface area (Å²) < 4.78 is 1.02. The molecule has 0 unspecified atom stereocenters. The van der Waals surface area contributed by atoms with Crippen LogP contribution in [-0.4, -0.2) is 9.97 Å². The summed E-state index contributed by atoms with van der Waals surface area (Å²) in [5.74, 6) is 0.385. The van der Waals surface area contributed by atoms with E-state index in [4.69, 9.17) is 11.6 Å². The zero-order valence-electron chi connectivity index (χ0n) is 11.9. The summed E-state index contributed by atoms with van der Waals surface area (Å²) in [5, 5.41) is 6.96. The molecule has 0 aliphatic carbocycles. The first-order chi connectivity index (χ1) is 11.6. The molecule has 0 saturated heterocycles. The first-order valence-corrected chi connectivity index (χ1v) is 10.6. The third-order valence-electron chi connectivity index (χ3n) is 3.34. The van der Waals surface area contributed by atoms with E-state index in [0.29, 0.717) is 21.1 Å². The summed E-state index contributed by atoms with van der Waals surface area (Å²) in [4.78, 5) is 21.6. The minimum absolute atomic E-state index is 0.169. The zero-order chi connectivity index (χ0) is 16.7. The number of halogens is 2. The van der Waals surface area contributed by atoms with Crippen LogP contribution in [0.2, 0.25) is 0 Å². The molecule has 0 aliphatic rings. The van der Waals surface area contributed by atoms with E-state index in [2.05, 4.69) is 25.9 Å². The second-order valence-corrected chi connectivity index (χ2v) is 9.40. The Morgan fingerprint density at radius 3 is 2.88 bits per heavy atom. The molecule has 0 amide bonds. The van der Waals surface area contributed by atoms with E-state index in [-0.39, 0.29) is 5.56 Å². The second-order valence-electron chi connectivity index (χ2n) is 4.90. The molecular weight excluding hydrogens is 448 g/mol. The van der Waals surface area contributed by atoms with Gasteiger partial charge in [0.1, 0.15) is 4.83 Å². The van der Waals surface area contributed by atoms with Crippen molar-refractivity contribution in [3.63, 3.8) is 0 Å². The minimum Gasteiger partial charge on any atom is -0.305 e. The number of aromatic nitrogens is 2. The molecule has 0 radical (unpaired) electrons.